The molecule has 0 saturated heterocycles. The second-order valence-electron chi connectivity index (χ2n) is 8.59. The van der Waals surface area contributed by atoms with Gasteiger partial charge in [-0.25, -0.2) is 4.98 Å². The summed E-state index contributed by atoms with van der Waals surface area (Å²) in [6, 6.07) is 11.7. The first-order chi connectivity index (χ1) is 18.2. The van der Waals surface area contributed by atoms with E-state index in [0.717, 1.165) is 13.1 Å². The number of aliphatic hydroxyl groups is 1. The largest absolute Gasteiger partial charge is 0.505 e. The van der Waals surface area contributed by atoms with E-state index < -0.39 is 6.10 Å². The number of anilines is 1. The molecular weight excluding hydrogens is 521 g/mol. The average Bonchev–Trinajstić information content (AvgIpc) is 2.91. The number of aromatic hydroxyl groups is 1. The third-order valence-electron chi connectivity index (χ3n) is 5.95. The molecule has 0 radical (unpaired) electrons. The van der Waals surface area contributed by atoms with Gasteiger partial charge in [0, 0.05) is 41.4 Å². The topological polar surface area (TPSA) is 99.7 Å². The number of nitrogens with two attached hydrogens (primary N) is 1. The molecule has 3 aromatic rings. The fourth-order valence-electron chi connectivity index (χ4n) is 3.68. The molecule has 6 nitrogen and oxygen atoms in total. The zero-order valence-electron chi connectivity index (χ0n) is 21.3. The average molecular weight is 550 g/mol. The maximum Gasteiger partial charge on any atom is 0.162 e. The quantitative estimate of drug-likeness (QED) is 0.265. The minimum Gasteiger partial charge on any atom is -0.505 e. The van der Waals surface area contributed by atoms with Gasteiger partial charge in [0.05, 0.1) is 21.7 Å². The number of carbonyl (C=O) groups is 1. The monoisotopic (exact) mass is 549 g/mol. The summed E-state index contributed by atoms with van der Waals surface area (Å²) in [6.45, 7) is 6.39. The maximum absolute atomic E-state index is 12.6. The highest BCUT2D eigenvalue weighted by Crippen LogP contribution is 2.32. The van der Waals surface area contributed by atoms with Gasteiger partial charge in [-0.05, 0) is 49.8 Å². The van der Waals surface area contributed by atoms with Gasteiger partial charge in [0.2, 0.25) is 0 Å². The summed E-state index contributed by atoms with van der Waals surface area (Å²) in [5, 5.41) is 20.2. The van der Waals surface area contributed by atoms with Crippen LogP contribution in [0.15, 0.2) is 48.7 Å². The highest BCUT2D eigenvalue weighted by Gasteiger charge is 2.13. The molecule has 2 aromatic carbocycles. The lowest BCUT2D eigenvalue weighted by molar-refractivity contribution is 0.0877. The number of likely N-dealkylation sites (N-methyl/N-ethyl adjacent to an activating group) is 1. The Bertz CT molecular complexity index is 1390. The van der Waals surface area contributed by atoms with Crippen LogP contribution in [0.4, 0.5) is 5.82 Å². The molecule has 1 atom stereocenters. The van der Waals surface area contributed by atoms with Gasteiger partial charge >= 0.3 is 0 Å². The van der Waals surface area contributed by atoms with Crippen LogP contribution in [-0.2, 0) is 0 Å². The van der Waals surface area contributed by atoms with E-state index in [2.05, 4.69) is 33.6 Å². The molecule has 0 spiro atoms. The number of nitrogens with zero attached hydrogens (tertiary/aromatic N) is 2. The molecule has 8 heteroatoms. The highest BCUT2D eigenvalue weighted by molar-refractivity contribution is 6.37. The van der Waals surface area contributed by atoms with Gasteiger partial charge in [0.1, 0.15) is 5.82 Å². The third-order valence-corrected chi connectivity index (χ3v) is 6.52. The van der Waals surface area contributed by atoms with Gasteiger partial charge in [-0.2, -0.15) is 0 Å². The lowest BCUT2D eigenvalue weighted by atomic mass is 10.0. The number of hydrogen-bond donors (Lipinski definition) is 3. The van der Waals surface area contributed by atoms with Crippen molar-refractivity contribution in [1.82, 2.24) is 9.88 Å². The van der Waals surface area contributed by atoms with Crippen LogP contribution in [0.25, 0.3) is 0 Å². The number of carbonyl (C=O) groups excluding carboxylic acids is 1. The van der Waals surface area contributed by atoms with Crippen molar-refractivity contribution < 1.29 is 15.0 Å². The summed E-state index contributed by atoms with van der Waals surface area (Å²) in [7, 11) is 0. The number of hydrogen-bond acceptors (Lipinski definition) is 6. The third kappa shape index (κ3) is 7.99. The Kier molecular flexibility index (Phi) is 10.6. The number of rotatable bonds is 8. The zero-order chi connectivity index (χ0) is 27.7. The van der Waals surface area contributed by atoms with Crippen LogP contribution in [-0.4, -0.2) is 51.6 Å². The molecule has 0 fully saturated rings. The molecule has 4 N–H and O–H groups in total. The maximum atomic E-state index is 12.6. The van der Waals surface area contributed by atoms with E-state index in [9.17, 15) is 15.0 Å². The number of aromatic nitrogens is 1. The molecule has 0 saturated carbocycles. The summed E-state index contributed by atoms with van der Waals surface area (Å²) in [4.78, 5) is 18.8. The van der Waals surface area contributed by atoms with Crippen molar-refractivity contribution >= 4 is 34.8 Å². The SMILES string of the molecule is CCN(CC)CC(O)CCC(=O)c1ccc(C#Cc2c(C#Cc3cc(Cl)c(O)c(Cl)c3)ccnc2N)cc1. The standard InChI is InChI=1S/C30H29Cl2N3O3/c1-3-35(4-2)19-24(36)12-14-28(37)23-10-5-20(6-11-23)8-13-25-22(15-16-34-30(25)33)9-7-21-17-26(31)29(38)27(32)18-21/h5-6,10-11,15-18,24,36,38H,3-4,12,14,19H2,1-2H3,(H2,33,34). The van der Waals surface area contributed by atoms with Crippen molar-refractivity contribution in [1.29, 1.82) is 0 Å². The summed E-state index contributed by atoms with van der Waals surface area (Å²) in [5.41, 5.74) is 8.90. The summed E-state index contributed by atoms with van der Waals surface area (Å²) in [5.74, 6) is 12.1. The van der Waals surface area contributed by atoms with E-state index in [4.69, 9.17) is 28.9 Å². The van der Waals surface area contributed by atoms with E-state index >= 15 is 0 Å². The number of benzene rings is 2. The molecule has 1 aromatic heterocycles. The van der Waals surface area contributed by atoms with E-state index in [1.54, 1.807) is 36.5 Å². The van der Waals surface area contributed by atoms with Gasteiger partial charge in [0.15, 0.2) is 11.5 Å². The number of nitrogen functional groups attached to an aromatic ring is 1. The summed E-state index contributed by atoms with van der Waals surface area (Å²) < 4.78 is 0. The number of ketones is 1. The second kappa shape index (κ2) is 13.9. The Labute approximate surface area is 233 Å². The van der Waals surface area contributed by atoms with Crippen LogP contribution in [0, 0.1) is 23.7 Å². The highest BCUT2D eigenvalue weighted by atomic mass is 35.5. The van der Waals surface area contributed by atoms with Crippen molar-refractivity contribution in [2.24, 2.45) is 0 Å². The normalized spacial score (nSPS) is 11.3. The van der Waals surface area contributed by atoms with Crippen molar-refractivity contribution in [2.45, 2.75) is 32.8 Å². The Balaban J connectivity index is 1.72. The lowest BCUT2D eigenvalue weighted by Crippen LogP contribution is -2.32. The van der Waals surface area contributed by atoms with E-state index in [1.165, 1.54) is 12.1 Å². The molecule has 0 bridgehead atoms. The molecule has 0 amide bonds. The Morgan fingerprint density at radius 3 is 2.26 bits per heavy atom. The summed E-state index contributed by atoms with van der Waals surface area (Å²) >= 11 is 12.0. The van der Waals surface area contributed by atoms with Crippen LogP contribution in [0.5, 0.6) is 5.75 Å². The lowest BCUT2D eigenvalue weighted by Gasteiger charge is -2.21. The van der Waals surface area contributed by atoms with Crippen LogP contribution in [0.1, 0.15) is 59.3 Å². The fraction of sp³-hybridized carbons (Fsp3) is 0.267. The molecule has 0 aliphatic heterocycles. The van der Waals surface area contributed by atoms with Crippen molar-refractivity contribution in [3.63, 3.8) is 0 Å². The van der Waals surface area contributed by atoms with E-state index in [0.29, 0.717) is 40.8 Å². The minimum atomic E-state index is -0.533. The molecule has 3 rings (SSSR count). The number of Topliss-reactive ketones (excluding diaryl/α,β-unsaturated/α-hetero) is 1. The van der Waals surface area contributed by atoms with Crippen LogP contribution in [0.3, 0.4) is 0 Å². The van der Waals surface area contributed by atoms with Crippen molar-refractivity contribution in [3.05, 3.63) is 86.5 Å². The predicted molar refractivity (Wildman–Crippen MR) is 153 cm³/mol. The first-order valence-corrected chi connectivity index (χ1v) is 13.0. The number of phenols is 1. The minimum absolute atomic E-state index is 0.0217. The van der Waals surface area contributed by atoms with Gasteiger partial charge in [-0.3, -0.25) is 4.79 Å². The van der Waals surface area contributed by atoms with Gasteiger partial charge in [-0.1, -0.05) is 72.9 Å². The van der Waals surface area contributed by atoms with Gasteiger partial charge in [-0.15, -0.1) is 0 Å². The van der Waals surface area contributed by atoms with Crippen molar-refractivity contribution in [2.75, 3.05) is 25.4 Å². The first-order valence-electron chi connectivity index (χ1n) is 12.2. The van der Waals surface area contributed by atoms with Crippen LogP contribution >= 0.6 is 23.2 Å². The smallest absolute Gasteiger partial charge is 0.162 e. The number of aliphatic hydroxyl groups excluding tert-OH is 1. The Hall–Kier alpha value is -3.52. The van der Waals surface area contributed by atoms with Crippen LogP contribution < -0.4 is 5.73 Å². The fourth-order valence-corrected chi connectivity index (χ4v) is 4.17. The van der Waals surface area contributed by atoms with E-state index in [-0.39, 0.29) is 33.8 Å². The number of halogens is 2. The Morgan fingerprint density at radius 1 is 1.00 bits per heavy atom. The number of pyridine rings is 1. The molecule has 196 valence electrons. The molecular formula is C30H29Cl2N3O3. The molecule has 0 aliphatic carbocycles. The second-order valence-corrected chi connectivity index (χ2v) is 9.40. The molecule has 1 unspecified atom stereocenters. The predicted octanol–water partition coefficient (Wildman–Crippen LogP) is 5.14. The zero-order valence-corrected chi connectivity index (χ0v) is 22.8. The molecule has 1 heterocycles. The van der Waals surface area contributed by atoms with E-state index in [1.807, 2.05) is 13.8 Å². The first kappa shape index (κ1) is 29.0. The number of phenolic OH excluding ortho intramolecular Hbond substituents is 1. The Morgan fingerprint density at radius 2 is 1.63 bits per heavy atom. The van der Waals surface area contributed by atoms with Crippen molar-refractivity contribution in [3.8, 4) is 29.4 Å². The molecule has 0 aliphatic rings. The van der Waals surface area contributed by atoms with Gasteiger partial charge in [0.25, 0.3) is 0 Å². The summed E-state index contributed by atoms with van der Waals surface area (Å²) in [6.07, 6.45) is 1.71. The molecule has 38 heavy (non-hydrogen) atoms. The van der Waals surface area contributed by atoms with Gasteiger partial charge < -0.3 is 20.8 Å². The van der Waals surface area contributed by atoms with Crippen LogP contribution in [0.2, 0.25) is 10.0 Å².